The third kappa shape index (κ3) is 1.66. The Labute approximate surface area is 101 Å². The maximum absolute atomic E-state index is 10.9. The van der Waals surface area contributed by atoms with Crippen molar-refractivity contribution in [2.45, 2.75) is 0 Å². The van der Waals surface area contributed by atoms with Crippen molar-refractivity contribution >= 4 is 5.69 Å². The average Bonchev–Trinajstić information content (AvgIpc) is 2.81. The average molecular weight is 239 g/mol. The minimum absolute atomic E-state index is 0.0215. The van der Waals surface area contributed by atoms with Gasteiger partial charge in [-0.2, -0.15) is 10.5 Å². The van der Waals surface area contributed by atoms with Crippen LogP contribution in [0.2, 0.25) is 0 Å². The van der Waals surface area contributed by atoms with E-state index >= 15 is 0 Å². The quantitative estimate of drug-likeness (QED) is 0.583. The molecule has 0 atom stereocenters. The van der Waals surface area contributed by atoms with Crippen LogP contribution in [0.5, 0.6) is 0 Å². The summed E-state index contributed by atoms with van der Waals surface area (Å²) < 4.78 is 1.23. The summed E-state index contributed by atoms with van der Waals surface area (Å²) in [5, 5.41) is 28.7. The van der Waals surface area contributed by atoms with E-state index in [-0.39, 0.29) is 22.8 Å². The van der Waals surface area contributed by atoms with Gasteiger partial charge in [0.05, 0.1) is 4.92 Å². The summed E-state index contributed by atoms with van der Waals surface area (Å²) in [4.78, 5) is 14.1. The van der Waals surface area contributed by atoms with Gasteiger partial charge in [-0.3, -0.25) is 14.7 Å². The third-order valence-electron chi connectivity index (χ3n) is 2.32. The predicted molar refractivity (Wildman–Crippen MR) is 59.6 cm³/mol. The minimum atomic E-state index is -0.553. The highest BCUT2D eigenvalue weighted by Gasteiger charge is 2.19. The second-order valence-corrected chi connectivity index (χ2v) is 3.28. The van der Waals surface area contributed by atoms with Gasteiger partial charge in [0.1, 0.15) is 24.2 Å². The van der Waals surface area contributed by atoms with Crippen LogP contribution in [-0.2, 0) is 0 Å². The first-order chi connectivity index (χ1) is 8.69. The van der Waals surface area contributed by atoms with Gasteiger partial charge in [-0.05, 0) is 6.07 Å². The van der Waals surface area contributed by atoms with E-state index < -0.39 is 4.92 Å². The number of para-hydroxylation sites is 2. The molecular formula is C11H5N5O2. The zero-order chi connectivity index (χ0) is 13.1. The molecule has 0 fully saturated rings. The fourth-order valence-electron chi connectivity index (χ4n) is 1.54. The fraction of sp³-hybridized carbons (Fsp3) is 0. The van der Waals surface area contributed by atoms with Crippen molar-refractivity contribution in [1.29, 1.82) is 10.5 Å². The van der Waals surface area contributed by atoms with Crippen molar-refractivity contribution in [3.8, 4) is 17.8 Å². The van der Waals surface area contributed by atoms with E-state index in [2.05, 4.69) is 4.98 Å². The van der Waals surface area contributed by atoms with Gasteiger partial charge in [0, 0.05) is 6.07 Å². The largest absolute Gasteiger partial charge is 0.293 e. The van der Waals surface area contributed by atoms with Crippen LogP contribution in [0.3, 0.4) is 0 Å². The number of imidazole rings is 1. The van der Waals surface area contributed by atoms with Crippen LogP contribution in [-0.4, -0.2) is 14.5 Å². The molecule has 0 saturated heterocycles. The molecule has 1 heterocycles. The number of benzene rings is 1. The Morgan fingerprint density at radius 1 is 1.28 bits per heavy atom. The lowest BCUT2D eigenvalue weighted by atomic mass is 10.2. The third-order valence-corrected chi connectivity index (χ3v) is 2.32. The number of nitriles is 2. The highest BCUT2D eigenvalue weighted by atomic mass is 16.6. The molecule has 7 nitrogen and oxygen atoms in total. The summed E-state index contributed by atoms with van der Waals surface area (Å²) in [5.74, 6) is 0. The molecule has 0 unspecified atom stereocenters. The first-order valence-electron chi connectivity index (χ1n) is 4.80. The molecule has 18 heavy (non-hydrogen) atoms. The minimum Gasteiger partial charge on any atom is -0.283 e. The van der Waals surface area contributed by atoms with E-state index in [9.17, 15) is 10.1 Å². The van der Waals surface area contributed by atoms with E-state index in [0.29, 0.717) is 0 Å². The maximum atomic E-state index is 10.9. The summed E-state index contributed by atoms with van der Waals surface area (Å²) in [5.41, 5.74) is -0.0357. The highest BCUT2D eigenvalue weighted by Crippen LogP contribution is 2.24. The smallest absolute Gasteiger partial charge is 0.283 e. The molecular weight excluding hydrogens is 234 g/mol. The molecule has 0 bridgehead atoms. The summed E-state index contributed by atoms with van der Waals surface area (Å²) in [6.45, 7) is 0. The van der Waals surface area contributed by atoms with Crippen LogP contribution in [0.15, 0.2) is 30.6 Å². The molecule has 0 N–H and O–H groups in total. The van der Waals surface area contributed by atoms with Gasteiger partial charge in [0.2, 0.25) is 0 Å². The summed E-state index contributed by atoms with van der Waals surface area (Å²) in [6.07, 6.45) is 1.22. The van der Waals surface area contributed by atoms with Crippen molar-refractivity contribution in [3.63, 3.8) is 0 Å². The Morgan fingerprint density at radius 3 is 2.61 bits per heavy atom. The Bertz CT molecular complexity index is 705. The lowest BCUT2D eigenvalue weighted by Gasteiger charge is -2.03. The summed E-state index contributed by atoms with van der Waals surface area (Å²) in [7, 11) is 0. The molecule has 7 heteroatoms. The van der Waals surface area contributed by atoms with Gasteiger partial charge in [-0.25, -0.2) is 4.98 Å². The van der Waals surface area contributed by atoms with Crippen molar-refractivity contribution in [2.24, 2.45) is 0 Å². The van der Waals surface area contributed by atoms with E-state index in [1.807, 2.05) is 6.07 Å². The van der Waals surface area contributed by atoms with Crippen molar-refractivity contribution in [1.82, 2.24) is 9.55 Å². The molecule has 0 aliphatic carbocycles. The van der Waals surface area contributed by atoms with Gasteiger partial charge in [-0.1, -0.05) is 12.1 Å². The monoisotopic (exact) mass is 239 g/mol. The van der Waals surface area contributed by atoms with Crippen LogP contribution >= 0.6 is 0 Å². The zero-order valence-electron chi connectivity index (χ0n) is 8.94. The molecule has 0 radical (unpaired) electrons. The molecule has 0 saturated carbocycles. The van der Waals surface area contributed by atoms with Crippen molar-refractivity contribution in [2.75, 3.05) is 0 Å². The normalized spacial score (nSPS) is 9.44. The SMILES string of the molecule is N#Cc1ncn(-c2ccccc2[N+](=O)[O-])c1C#N. The van der Waals surface area contributed by atoms with E-state index in [1.165, 1.54) is 29.1 Å². The van der Waals surface area contributed by atoms with Crippen molar-refractivity contribution < 1.29 is 4.92 Å². The number of nitro benzene ring substituents is 1. The highest BCUT2D eigenvalue weighted by molar-refractivity contribution is 5.55. The molecule has 0 amide bonds. The van der Waals surface area contributed by atoms with Gasteiger partial charge in [-0.15, -0.1) is 0 Å². The Balaban J connectivity index is 2.72. The van der Waals surface area contributed by atoms with Gasteiger partial charge in [0.15, 0.2) is 11.4 Å². The van der Waals surface area contributed by atoms with Crippen LogP contribution < -0.4 is 0 Å². The second-order valence-electron chi connectivity index (χ2n) is 3.28. The first kappa shape index (κ1) is 11.3. The van der Waals surface area contributed by atoms with Crippen LogP contribution in [0.4, 0.5) is 5.69 Å². The van der Waals surface area contributed by atoms with Gasteiger partial charge >= 0.3 is 0 Å². The number of nitro groups is 1. The fourth-order valence-corrected chi connectivity index (χ4v) is 1.54. The second kappa shape index (κ2) is 4.36. The van der Waals surface area contributed by atoms with E-state index in [1.54, 1.807) is 12.1 Å². The van der Waals surface area contributed by atoms with Crippen LogP contribution in [0.25, 0.3) is 5.69 Å². The summed E-state index contributed by atoms with van der Waals surface area (Å²) >= 11 is 0. The van der Waals surface area contributed by atoms with Gasteiger partial charge in [0.25, 0.3) is 5.69 Å². The molecule has 0 spiro atoms. The number of hydrogen-bond acceptors (Lipinski definition) is 5. The standard InChI is InChI=1S/C11H5N5O2/c12-5-8-11(6-13)15(7-14-8)9-3-1-2-4-10(9)16(17)18/h1-4,7H. The summed E-state index contributed by atoms with van der Waals surface area (Å²) in [6, 6.07) is 9.52. The Kier molecular flexibility index (Phi) is 2.73. The van der Waals surface area contributed by atoms with Crippen molar-refractivity contribution in [3.05, 3.63) is 52.1 Å². The molecule has 0 aliphatic rings. The number of hydrogen-bond donors (Lipinski definition) is 0. The molecule has 2 rings (SSSR count). The Hall–Kier alpha value is -3.19. The van der Waals surface area contributed by atoms with Gasteiger partial charge < -0.3 is 0 Å². The number of nitrogens with zero attached hydrogens (tertiary/aromatic N) is 5. The molecule has 1 aromatic heterocycles. The van der Waals surface area contributed by atoms with E-state index in [4.69, 9.17) is 10.5 Å². The molecule has 1 aromatic carbocycles. The molecule has 86 valence electrons. The maximum Gasteiger partial charge on any atom is 0.293 e. The van der Waals surface area contributed by atoms with Crippen LogP contribution in [0, 0.1) is 32.8 Å². The van der Waals surface area contributed by atoms with Crippen LogP contribution in [0.1, 0.15) is 11.4 Å². The predicted octanol–water partition coefficient (Wildman–Crippen LogP) is 1.52. The Morgan fingerprint density at radius 2 is 2.00 bits per heavy atom. The first-order valence-corrected chi connectivity index (χ1v) is 4.80. The zero-order valence-corrected chi connectivity index (χ0v) is 8.94. The number of aromatic nitrogens is 2. The lowest BCUT2D eigenvalue weighted by Crippen LogP contribution is -2.01. The topological polar surface area (TPSA) is 109 Å². The molecule has 0 aliphatic heterocycles. The lowest BCUT2D eigenvalue weighted by molar-refractivity contribution is -0.384. The number of rotatable bonds is 2. The molecule has 2 aromatic rings. The van der Waals surface area contributed by atoms with E-state index in [0.717, 1.165) is 0 Å².